The van der Waals surface area contributed by atoms with Gasteiger partial charge in [-0.25, -0.2) is 4.98 Å². The van der Waals surface area contributed by atoms with E-state index in [-0.39, 0.29) is 23.5 Å². The largest absolute Gasteiger partial charge is 0.374 e. The molecule has 3 aliphatic rings. The number of ether oxygens (including phenoxy) is 1. The van der Waals surface area contributed by atoms with Gasteiger partial charge in [0.2, 0.25) is 5.91 Å². The van der Waals surface area contributed by atoms with E-state index in [2.05, 4.69) is 10.7 Å². The van der Waals surface area contributed by atoms with Gasteiger partial charge in [-0.3, -0.25) is 4.79 Å². The van der Waals surface area contributed by atoms with E-state index in [0.29, 0.717) is 6.10 Å². The fraction of sp³-hybridized carbons (Fsp3) is 0.778. The minimum absolute atomic E-state index is 0.0509. The van der Waals surface area contributed by atoms with E-state index in [1.807, 2.05) is 6.92 Å². The van der Waals surface area contributed by atoms with Crippen LogP contribution in [0.15, 0.2) is 5.38 Å². The molecule has 0 radical (unpaired) electrons. The molecule has 1 N–H and O–H groups in total. The molecule has 2 aliphatic heterocycles. The van der Waals surface area contributed by atoms with Crippen LogP contribution in [0.1, 0.15) is 68.5 Å². The Morgan fingerprint density at radius 2 is 2.09 bits per heavy atom. The molecular weight excluding hydrogens is 308 g/mol. The van der Waals surface area contributed by atoms with Gasteiger partial charge in [-0.2, -0.15) is 0 Å². The number of hydrogen-bond acceptors (Lipinski definition) is 4. The summed E-state index contributed by atoms with van der Waals surface area (Å²) in [5, 5.41) is 6.67. The lowest BCUT2D eigenvalue weighted by atomic mass is 9.85. The summed E-state index contributed by atoms with van der Waals surface area (Å²) in [6.07, 6.45) is 10.5. The molecule has 0 unspecified atom stereocenters. The zero-order valence-corrected chi connectivity index (χ0v) is 14.7. The number of carbonyl (C=O) groups is 1. The van der Waals surface area contributed by atoms with Gasteiger partial charge in [-0.1, -0.05) is 25.7 Å². The van der Waals surface area contributed by atoms with E-state index in [1.165, 1.54) is 25.7 Å². The van der Waals surface area contributed by atoms with E-state index in [9.17, 15) is 4.79 Å². The van der Waals surface area contributed by atoms with Gasteiger partial charge in [-0.05, 0) is 39.0 Å². The summed E-state index contributed by atoms with van der Waals surface area (Å²) in [7, 11) is 0. The molecule has 4 nitrogen and oxygen atoms in total. The van der Waals surface area contributed by atoms with Gasteiger partial charge in [0.1, 0.15) is 5.01 Å². The Bertz CT molecular complexity index is 577. The summed E-state index contributed by atoms with van der Waals surface area (Å²) in [5.41, 5.74) is 0.820. The van der Waals surface area contributed by atoms with Crippen LogP contribution < -0.4 is 5.32 Å². The molecular formula is C18H26N2O2S. The lowest BCUT2D eigenvalue weighted by molar-refractivity contribution is -0.129. The van der Waals surface area contributed by atoms with Gasteiger partial charge < -0.3 is 10.1 Å². The Balaban J connectivity index is 1.56. The maximum atomic E-state index is 13.0. The zero-order chi connectivity index (χ0) is 15.9. The highest BCUT2D eigenvalue weighted by atomic mass is 32.1. The normalized spacial score (nSPS) is 32.7. The molecule has 126 valence electrons. The molecule has 1 amide bonds. The van der Waals surface area contributed by atoms with Crippen LogP contribution >= 0.6 is 11.3 Å². The van der Waals surface area contributed by atoms with Crippen molar-refractivity contribution in [3.8, 4) is 0 Å². The summed E-state index contributed by atoms with van der Waals surface area (Å²) in [5.74, 6) is 0.252. The average molecular weight is 334 g/mol. The predicted molar refractivity (Wildman–Crippen MR) is 90.4 cm³/mol. The number of aromatic nitrogens is 1. The third-order valence-electron chi connectivity index (χ3n) is 5.79. The number of thiazole rings is 1. The van der Waals surface area contributed by atoms with Gasteiger partial charge in [-0.15, -0.1) is 11.3 Å². The second-order valence-corrected chi connectivity index (χ2v) is 8.35. The fourth-order valence-corrected chi connectivity index (χ4v) is 5.55. The molecule has 3 atom stereocenters. The van der Waals surface area contributed by atoms with Crippen LogP contribution in [0.4, 0.5) is 0 Å². The molecule has 1 aliphatic carbocycles. The summed E-state index contributed by atoms with van der Waals surface area (Å²) >= 11 is 1.71. The monoisotopic (exact) mass is 334 g/mol. The first-order valence-electron chi connectivity index (χ1n) is 9.06. The number of hydrogen-bond donors (Lipinski definition) is 1. The number of rotatable bonds is 3. The van der Waals surface area contributed by atoms with Crippen molar-refractivity contribution in [2.24, 2.45) is 5.92 Å². The van der Waals surface area contributed by atoms with Crippen LogP contribution in [0.25, 0.3) is 0 Å². The quantitative estimate of drug-likeness (QED) is 0.858. The first-order valence-corrected chi connectivity index (χ1v) is 9.94. The van der Waals surface area contributed by atoms with Crippen LogP contribution in [0.2, 0.25) is 0 Å². The molecule has 3 fully saturated rings. The molecule has 0 aromatic carbocycles. The number of fused-ring (bicyclic) bond motifs is 2. The summed E-state index contributed by atoms with van der Waals surface area (Å²) in [6.45, 7) is 2.04. The Morgan fingerprint density at radius 3 is 2.65 bits per heavy atom. The molecule has 1 aromatic rings. The number of nitrogens with zero attached hydrogens (tertiary/aromatic N) is 1. The lowest BCUT2D eigenvalue weighted by Gasteiger charge is -2.34. The zero-order valence-electron chi connectivity index (χ0n) is 13.8. The summed E-state index contributed by atoms with van der Waals surface area (Å²) in [4.78, 5) is 17.7. The standard InChI is InChI=1S/C18H26N2O2S/c1-12-11-23-17(19-12)18(8-4-2-3-5-9-18)20-16(21)14-10-13-6-7-15(14)22-13/h11,13-15H,2-10H2,1H3,(H,20,21)/t13-,14+,15-/m1/s1. The molecule has 1 saturated carbocycles. The van der Waals surface area contributed by atoms with Crippen LogP contribution in [-0.2, 0) is 15.1 Å². The van der Waals surface area contributed by atoms with Crippen molar-refractivity contribution in [3.63, 3.8) is 0 Å². The highest BCUT2D eigenvalue weighted by Gasteiger charge is 2.47. The SMILES string of the molecule is Cc1csc(C2(NC(=O)[C@H]3C[C@H]4CC[C@H]3O4)CCCCCC2)n1. The topological polar surface area (TPSA) is 51.2 Å². The molecule has 3 heterocycles. The number of amides is 1. The average Bonchev–Trinajstić information content (AvgIpc) is 3.23. The number of nitrogens with one attached hydrogen (secondary N) is 1. The maximum Gasteiger partial charge on any atom is 0.226 e. The van der Waals surface area contributed by atoms with E-state index in [0.717, 1.165) is 42.8 Å². The Hall–Kier alpha value is -0.940. The minimum Gasteiger partial charge on any atom is -0.374 e. The van der Waals surface area contributed by atoms with Crippen molar-refractivity contribution in [2.45, 2.75) is 82.5 Å². The van der Waals surface area contributed by atoms with Crippen molar-refractivity contribution in [3.05, 3.63) is 16.1 Å². The van der Waals surface area contributed by atoms with Crippen LogP contribution in [0.5, 0.6) is 0 Å². The van der Waals surface area contributed by atoms with Crippen LogP contribution in [0.3, 0.4) is 0 Å². The second kappa shape index (κ2) is 6.17. The highest BCUT2D eigenvalue weighted by Crippen LogP contribution is 2.41. The van der Waals surface area contributed by atoms with E-state index < -0.39 is 0 Å². The van der Waals surface area contributed by atoms with Gasteiger partial charge in [0.15, 0.2) is 0 Å². The molecule has 5 heteroatoms. The fourth-order valence-electron chi connectivity index (χ4n) is 4.54. The first kappa shape index (κ1) is 15.6. The van der Waals surface area contributed by atoms with E-state index in [4.69, 9.17) is 9.72 Å². The molecule has 0 spiro atoms. The summed E-state index contributed by atoms with van der Waals surface area (Å²) < 4.78 is 5.89. The Morgan fingerprint density at radius 1 is 1.30 bits per heavy atom. The Labute approximate surface area is 142 Å². The maximum absolute atomic E-state index is 13.0. The van der Waals surface area contributed by atoms with Crippen LogP contribution in [0, 0.1) is 12.8 Å². The van der Waals surface area contributed by atoms with Gasteiger partial charge in [0.05, 0.1) is 23.7 Å². The van der Waals surface area contributed by atoms with Gasteiger partial charge in [0.25, 0.3) is 0 Å². The second-order valence-electron chi connectivity index (χ2n) is 7.50. The van der Waals surface area contributed by atoms with E-state index >= 15 is 0 Å². The molecule has 2 bridgehead atoms. The third-order valence-corrected chi connectivity index (χ3v) is 6.96. The van der Waals surface area contributed by atoms with Gasteiger partial charge in [0, 0.05) is 11.1 Å². The Kier molecular flexibility index (Phi) is 4.18. The van der Waals surface area contributed by atoms with E-state index in [1.54, 1.807) is 11.3 Å². The predicted octanol–water partition coefficient (Wildman–Crippen LogP) is 3.68. The minimum atomic E-state index is -0.242. The molecule has 1 aromatic heterocycles. The smallest absolute Gasteiger partial charge is 0.226 e. The van der Waals surface area contributed by atoms with Gasteiger partial charge >= 0.3 is 0 Å². The number of aryl methyl sites for hydroxylation is 1. The molecule has 4 rings (SSSR count). The molecule has 2 saturated heterocycles. The van der Waals surface area contributed by atoms with Crippen molar-refractivity contribution in [1.82, 2.24) is 10.3 Å². The van der Waals surface area contributed by atoms with Crippen LogP contribution in [-0.4, -0.2) is 23.1 Å². The summed E-state index contributed by atoms with van der Waals surface area (Å²) in [6, 6.07) is 0. The first-order chi connectivity index (χ1) is 11.2. The molecule has 23 heavy (non-hydrogen) atoms. The van der Waals surface area contributed by atoms with Crippen molar-refractivity contribution in [1.29, 1.82) is 0 Å². The highest BCUT2D eigenvalue weighted by molar-refractivity contribution is 7.09. The number of carbonyl (C=O) groups excluding carboxylic acids is 1. The lowest BCUT2D eigenvalue weighted by Crippen LogP contribution is -2.49. The van der Waals surface area contributed by atoms with Crippen molar-refractivity contribution in [2.75, 3.05) is 0 Å². The van der Waals surface area contributed by atoms with Crippen molar-refractivity contribution < 1.29 is 9.53 Å². The van der Waals surface area contributed by atoms with Crippen molar-refractivity contribution >= 4 is 17.2 Å². The third kappa shape index (κ3) is 2.93.